The summed E-state index contributed by atoms with van der Waals surface area (Å²) in [4.78, 5) is 4.41. The Morgan fingerprint density at radius 2 is 2.05 bits per heavy atom. The van der Waals surface area contributed by atoms with Gasteiger partial charge < -0.3 is 19.5 Å². The summed E-state index contributed by atoms with van der Waals surface area (Å²) in [6.45, 7) is 2.76. The Kier molecular flexibility index (Phi) is 3.87. The molecule has 1 N–H and O–H groups in total. The number of anilines is 1. The first kappa shape index (κ1) is 13.0. The minimum absolute atomic E-state index is 0.593. The molecule has 0 atom stereocenters. The number of nitrogens with one attached hydrogen (secondary N) is 1. The van der Waals surface area contributed by atoms with E-state index in [0.29, 0.717) is 13.2 Å². The van der Waals surface area contributed by atoms with Crippen molar-refractivity contribution in [3.8, 4) is 11.5 Å². The monoisotopic (exact) mass is 274 g/mol. The van der Waals surface area contributed by atoms with Gasteiger partial charge in [0.25, 0.3) is 0 Å². The average molecular weight is 274 g/mol. The van der Waals surface area contributed by atoms with Gasteiger partial charge in [-0.3, -0.25) is 0 Å². The Hall–Kier alpha value is -2.01. The number of pyridine rings is 1. The Morgan fingerprint density at radius 3 is 2.85 bits per heavy atom. The Morgan fingerprint density at radius 1 is 1.25 bits per heavy atom. The van der Waals surface area contributed by atoms with Gasteiger partial charge in [-0.2, -0.15) is 0 Å². The number of hydrogen-bond acceptors (Lipinski definition) is 5. The van der Waals surface area contributed by atoms with Crippen LogP contribution < -0.4 is 14.8 Å². The molecule has 1 aromatic heterocycles. The Bertz CT molecular complexity index is 601. The zero-order valence-electron chi connectivity index (χ0n) is 11.5. The van der Waals surface area contributed by atoms with Crippen LogP contribution in [0.3, 0.4) is 0 Å². The van der Waals surface area contributed by atoms with E-state index in [2.05, 4.69) is 10.3 Å². The summed E-state index contributed by atoms with van der Waals surface area (Å²) in [5.74, 6) is 2.47. The van der Waals surface area contributed by atoms with Crippen molar-refractivity contribution in [2.75, 3.05) is 38.8 Å². The molecule has 1 aliphatic rings. The summed E-state index contributed by atoms with van der Waals surface area (Å²) in [5.41, 5.74) is 0. The second-order valence-corrected chi connectivity index (χ2v) is 4.65. The van der Waals surface area contributed by atoms with E-state index in [1.165, 1.54) is 0 Å². The van der Waals surface area contributed by atoms with E-state index in [4.69, 9.17) is 14.2 Å². The van der Waals surface area contributed by atoms with Crippen molar-refractivity contribution in [3.63, 3.8) is 0 Å². The van der Waals surface area contributed by atoms with Crippen LogP contribution in [0.25, 0.3) is 10.8 Å². The smallest absolute Gasteiger partial charge is 0.162 e. The second-order valence-electron chi connectivity index (χ2n) is 4.65. The molecule has 2 aromatic rings. The van der Waals surface area contributed by atoms with Gasteiger partial charge in [-0.15, -0.1) is 0 Å². The van der Waals surface area contributed by atoms with Gasteiger partial charge in [-0.1, -0.05) is 0 Å². The quantitative estimate of drug-likeness (QED) is 0.849. The van der Waals surface area contributed by atoms with Gasteiger partial charge in [0.2, 0.25) is 0 Å². The van der Waals surface area contributed by atoms with Gasteiger partial charge in [-0.05, 0) is 30.0 Å². The standard InChI is InChI=1S/C15H18N2O3/c1-18-6-2-4-16-15-12-10-14-13(19-7-8-20-14)9-11(12)3-5-17-15/h3,5,9-10H,2,4,6-8H2,1H3,(H,16,17). The lowest BCUT2D eigenvalue weighted by molar-refractivity contribution is 0.172. The maximum absolute atomic E-state index is 5.63. The minimum atomic E-state index is 0.593. The number of hydrogen-bond donors (Lipinski definition) is 1. The lowest BCUT2D eigenvalue weighted by atomic mass is 10.1. The third kappa shape index (κ3) is 2.63. The topological polar surface area (TPSA) is 52.6 Å². The van der Waals surface area contributed by atoms with Crippen molar-refractivity contribution in [2.24, 2.45) is 0 Å². The van der Waals surface area contributed by atoms with Gasteiger partial charge in [0, 0.05) is 31.8 Å². The van der Waals surface area contributed by atoms with Crippen LogP contribution in [0, 0.1) is 0 Å². The summed E-state index contributed by atoms with van der Waals surface area (Å²) in [6.07, 6.45) is 2.75. The SMILES string of the molecule is COCCCNc1nccc2cc3c(cc12)OCCO3. The lowest BCUT2D eigenvalue weighted by Crippen LogP contribution is -2.15. The molecule has 0 amide bonds. The van der Waals surface area contributed by atoms with Crippen molar-refractivity contribution in [2.45, 2.75) is 6.42 Å². The maximum atomic E-state index is 5.63. The van der Waals surface area contributed by atoms with Crippen LogP contribution in [-0.2, 0) is 4.74 Å². The van der Waals surface area contributed by atoms with Crippen LogP contribution in [0.15, 0.2) is 24.4 Å². The normalized spacial score (nSPS) is 13.4. The number of aromatic nitrogens is 1. The minimum Gasteiger partial charge on any atom is -0.486 e. The van der Waals surface area contributed by atoms with Gasteiger partial charge in [0.15, 0.2) is 11.5 Å². The summed E-state index contributed by atoms with van der Waals surface area (Å²) < 4.78 is 16.3. The molecule has 1 aliphatic heterocycles. The molecule has 106 valence electrons. The van der Waals surface area contributed by atoms with E-state index >= 15 is 0 Å². The van der Waals surface area contributed by atoms with Crippen molar-refractivity contribution in [1.29, 1.82) is 0 Å². The molecule has 3 rings (SSSR count). The van der Waals surface area contributed by atoms with Gasteiger partial charge in [-0.25, -0.2) is 4.98 Å². The Labute approximate surface area is 117 Å². The van der Waals surface area contributed by atoms with E-state index in [1.54, 1.807) is 13.3 Å². The highest BCUT2D eigenvalue weighted by Gasteiger charge is 2.14. The van der Waals surface area contributed by atoms with Crippen LogP contribution in [0.5, 0.6) is 11.5 Å². The number of methoxy groups -OCH3 is 1. The second kappa shape index (κ2) is 5.96. The summed E-state index contributed by atoms with van der Waals surface area (Å²) in [6, 6.07) is 5.98. The third-order valence-corrected chi connectivity index (χ3v) is 3.24. The van der Waals surface area contributed by atoms with E-state index in [0.717, 1.165) is 47.7 Å². The number of nitrogens with zero attached hydrogens (tertiary/aromatic N) is 1. The molecule has 1 aromatic carbocycles. The first-order valence-electron chi connectivity index (χ1n) is 6.79. The lowest BCUT2D eigenvalue weighted by Gasteiger charge is -2.19. The molecule has 0 fully saturated rings. The van der Waals surface area contributed by atoms with E-state index in [-0.39, 0.29) is 0 Å². The number of fused-ring (bicyclic) bond motifs is 2. The van der Waals surface area contributed by atoms with Gasteiger partial charge in [0.1, 0.15) is 19.0 Å². The largest absolute Gasteiger partial charge is 0.486 e. The molecule has 5 nitrogen and oxygen atoms in total. The van der Waals surface area contributed by atoms with Crippen molar-refractivity contribution < 1.29 is 14.2 Å². The molecule has 20 heavy (non-hydrogen) atoms. The van der Waals surface area contributed by atoms with Gasteiger partial charge in [0.05, 0.1) is 0 Å². The molecule has 2 heterocycles. The molecular formula is C15H18N2O3. The predicted octanol–water partition coefficient (Wildman–Crippen LogP) is 2.45. The van der Waals surface area contributed by atoms with E-state index in [9.17, 15) is 0 Å². The highest BCUT2D eigenvalue weighted by Crippen LogP contribution is 2.36. The molecule has 0 radical (unpaired) electrons. The first-order chi connectivity index (χ1) is 9.88. The van der Waals surface area contributed by atoms with Crippen LogP contribution >= 0.6 is 0 Å². The van der Waals surface area contributed by atoms with Crippen molar-refractivity contribution in [1.82, 2.24) is 4.98 Å². The van der Waals surface area contributed by atoms with Crippen LogP contribution in [0.4, 0.5) is 5.82 Å². The van der Waals surface area contributed by atoms with Crippen LogP contribution in [0.1, 0.15) is 6.42 Å². The van der Waals surface area contributed by atoms with Crippen LogP contribution in [-0.4, -0.2) is 38.5 Å². The van der Waals surface area contributed by atoms with Crippen LogP contribution in [0.2, 0.25) is 0 Å². The van der Waals surface area contributed by atoms with E-state index in [1.807, 2.05) is 18.2 Å². The number of benzene rings is 1. The molecule has 0 unspecified atom stereocenters. The predicted molar refractivity (Wildman–Crippen MR) is 77.7 cm³/mol. The number of rotatable bonds is 5. The third-order valence-electron chi connectivity index (χ3n) is 3.24. The fraction of sp³-hybridized carbons (Fsp3) is 0.400. The summed E-state index contributed by atoms with van der Waals surface area (Å²) >= 11 is 0. The molecule has 0 saturated carbocycles. The molecule has 5 heteroatoms. The molecular weight excluding hydrogens is 256 g/mol. The van der Waals surface area contributed by atoms with E-state index < -0.39 is 0 Å². The highest BCUT2D eigenvalue weighted by atomic mass is 16.6. The fourth-order valence-corrected chi connectivity index (χ4v) is 2.27. The summed E-state index contributed by atoms with van der Waals surface area (Å²) in [5, 5.41) is 5.49. The average Bonchev–Trinajstić information content (AvgIpc) is 2.50. The number of ether oxygens (including phenoxy) is 3. The van der Waals surface area contributed by atoms with Crippen molar-refractivity contribution >= 4 is 16.6 Å². The Balaban J connectivity index is 1.88. The zero-order valence-corrected chi connectivity index (χ0v) is 11.5. The zero-order chi connectivity index (χ0) is 13.8. The molecule has 0 saturated heterocycles. The first-order valence-corrected chi connectivity index (χ1v) is 6.79. The molecule has 0 spiro atoms. The van der Waals surface area contributed by atoms with Gasteiger partial charge >= 0.3 is 0 Å². The van der Waals surface area contributed by atoms with Crippen molar-refractivity contribution in [3.05, 3.63) is 24.4 Å². The highest BCUT2D eigenvalue weighted by molar-refractivity contribution is 5.94. The maximum Gasteiger partial charge on any atom is 0.162 e. The molecule has 0 bridgehead atoms. The molecule has 0 aliphatic carbocycles. The summed E-state index contributed by atoms with van der Waals surface area (Å²) in [7, 11) is 1.71. The fourth-order valence-electron chi connectivity index (χ4n) is 2.27.